The van der Waals surface area contributed by atoms with Crippen molar-refractivity contribution in [2.45, 2.75) is 30.4 Å². The summed E-state index contributed by atoms with van der Waals surface area (Å²) in [5.74, 6) is -0.186. The second-order valence-corrected chi connectivity index (χ2v) is 7.12. The molecule has 4 nitrogen and oxygen atoms in total. The minimum atomic E-state index is -3.46. The van der Waals surface area contributed by atoms with Crippen LogP contribution in [0.15, 0.2) is 29.2 Å². The van der Waals surface area contributed by atoms with E-state index >= 15 is 0 Å². The van der Waals surface area contributed by atoms with Crippen molar-refractivity contribution in [1.82, 2.24) is 0 Å². The molecule has 0 heterocycles. The van der Waals surface area contributed by atoms with E-state index < -0.39 is 21.5 Å². The van der Waals surface area contributed by atoms with Crippen molar-refractivity contribution in [2.75, 3.05) is 12.9 Å². The molecule has 0 aromatic heterocycles. The highest BCUT2D eigenvalue weighted by Gasteiger charge is 2.31. The third kappa shape index (κ3) is 3.68. The smallest absolute Gasteiger partial charge is 0.180 e. The van der Waals surface area contributed by atoms with E-state index in [4.69, 9.17) is 22.1 Å². The second-order valence-electron chi connectivity index (χ2n) is 4.65. The average molecular weight is 292 g/mol. The van der Waals surface area contributed by atoms with Crippen molar-refractivity contribution < 1.29 is 13.2 Å². The Morgan fingerprint density at radius 2 is 2.06 bits per heavy atom. The number of methoxy groups -OCH3 is 1. The summed E-state index contributed by atoms with van der Waals surface area (Å²) in [5, 5.41) is 0.385. The van der Waals surface area contributed by atoms with Crippen LogP contribution in [-0.2, 0) is 14.6 Å². The summed E-state index contributed by atoms with van der Waals surface area (Å²) >= 11 is 5.78. The van der Waals surface area contributed by atoms with Gasteiger partial charge in [-0.05, 0) is 32.0 Å². The molecule has 0 fully saturated rings. The van der Waals surface area contributed by atoms with E-state index in [1.165, 1.54) is 19.2 Å². The van der Waals surface area contributed by atoms with Crippen LogP contribution in [-0.4, -0.2) is 32.9 Å². The average Bonchev–Trinajstić information content (AvgIpc) is 2.28. The number of hydrogen-bond acceptors (Lipinski definition) is 4. The van der Waals surface area contributed by atoms with E-state index in [0.717, 1.165) is 0 Å². The predicted molar refractivity (Wildman–Crippen MR) is 72.6 cm³/mol. The molecule has 0 aliphatic carbocycles. The molecule has 0 aliphatic rings. The van der Waals surface area contributed by atoms with E-state index in [2.05, 4.69) is 0 Å². The molecule has 1 rings (SSSR count). The van der Waals surface area contributed by atoms with Crippen LogP contribution in [0, 0.1) is 0 Å². The summed E-state index contributed by atoms with van der Waals surface area (Å²) in [5.41, 5.74) is 5.18. The zero-order valence-corrected chi connectivity index (χ0v) is 12.3. The molecule has 0 aliphatic heterocycles. The van der Waals surface area contributed by atoms with Crippen LogP contribution in [0.1, 0.15) is 13.8 Å². The largest absolute Gasteiger partial charge is 0.377 e. The first-order valence-electron chi connectivity index (χ1n) is 5.48. The molecule has 1 atom stereocenters. The monoisotopic (exact) mass is 291 g/mol. The molecule has 0 amide bonds. The molecule has 0 spiro atoms. The van der Waals surface area contributed by atoms with Gasteiger partial charge in [0.15, 0.2) is 9.84 Å². The Bertz CT molecular complexity index is 514. The molecule has 6 heteroatoms. The molecule has 1 aromatic rings. The lowest BCUT2D eigenvalue weighted by Gasteiger charge is -2.29. The van der Waals surface area contributed by atoms with Gasteiger partial charge in [-0.3, -0.25) is 0 Å². The van der Waals surface area contributed by atoms with Gasteiger partial charge in [0, 0.05) is 18.2 Å². The number of rotatable bonds is 5. The third-order valence-corrected chi connectivity index (χ3v) is 4.98. The lowest BCUT2D eigenvalue weighted by atomic mass is 10.0. The van der Waals surface area contributed by atoms with Crippen molar-refractivity contribution in [1.29, 1.82) is 0 Å². The molecule has 0 bridgehead atoms. The van der Waals surface area contributed by atoms with Crippen molar-refractivity contribution >= 4 is 21.4 Å². The van der Waals surface area contributed by atoms with E-state index in [1.807, 2.05) is 0 Å². The zero-order chi connectivity index (χ0) is 14.0. The first kappa shape index (κ1) is 15.4. The van der Waals surface area contributed by atoms with Crippen LogP contribution in [0.2, 0.25) is 5.02 Å². The summed E-state index contributed by atoms with van der Waals surface area (Å²) < 4.78 is 29.5. The van der Waals surface area contributed by atoms with Crippen LogP contribution in [0.3, 0.4) is 0 Å². The minimum absolute atomic E-state index is 0.178. The molecular weight excluding hydrogens is 274 g/mol. The number of sulfone groups is 1. The zero-order valence-electron chi connectivity index (χ0n) is 10.7. The minimum Gasteiger partial charge on any atom is -0.377 e. The van der Waals surface area contributed by atoms with Gasteiger partial charge < -0.3 is 10.5 Å². The van der Waals surface area contributed by atoms with Gasteiger partial charge in [-0.25, -0.2) is 8.42 Å². The number of halogens is 1. The SMILES string of the molecule is COC(C)(C)C(N)CS(=O)(=O)c1cccc(Cl)c1. The molecule has 0 saturated heterocycles. The van der Waals surface area contributed by atoms with Crippen LogP contribution in [0.5, 0.6) is 0 Å². The maximum atomic E-state index is 12.2. The van der Waals surface area contributed by atoms with Gasteiger partial charge in [0.2, 0.25) is 0 Å². The second kappa shape index (κ2) is 5.57. The van der Waals surface area contributed by atoms with Gasteiger partial charge in [-0.2, -0.15) is 0 Å². The molecule has 1 aromatic carbocycles. The molecular formula is C12H18ClNO3S. The fourth-order valence-electron chi connectivity index (χ4n) is 1.35. The van der Waals surface area contributed by atoms with Gasteiger partial charge in [0.05, 0.1) is 16.2 Å². The van der Waals surface area contributed by atoms with Crippen LogP contribution in [0.25, 0.3) is 0 Å². The Hall–Kier alpha value is -0.620. The predicted octanol–water partition coefficient (Wildman–Crippen LogP) is 1.87. The topological polar surface area (TPSA) is 69.4 Å². The molecule has 102 valence electrons. The summed E-state index contributed by atoms with van der Waals surface area (Å²) in [4.78, 5) is 0.178. The Balaban J connectivity index is 2.96. The first-order chi connectivity index (χ1) is 8.19. The van der Waals surface area contributed by atoms with Crippen LogP contribution >= 0.6 is 11.6 Å². The first-order valence-corrected chi connectivity index (χ1v) is 7.51. The van der Waals surface area contributed by atoms with Gasteiger partial charge in [0.1, 0.15) is 0 Å². The lowest BCUT2D eigenvalue weighted by Crippen LogP contribution is -2.48. The van der Waals surface area contributed by atoms with Crippen molar-refractivity contribution in [3.8, 4) is 0 Å². The van der Waals surface area contributed by atoms with Crippen molar-refractivity contribution in [2.24, 2.45) is 5.73 Å². The van der Waals surface area contributed by atoms with E-state index in [-0.39, 0.29) is 10.6 Å². The Morgan fingerprint density at radius 3 is 2.56 bits per heavy atom. The standard InChI is InChI=1S/C12H18ClNO3S/c1-12(2,17-3)11(14)8-18(15,16)10-6-4-5-9(13)7-10/h4-7,11H,8,14H2,1-3H3. The Morgan fingerprint density at radius 1 is 1.44 bits per heavy atom. The summed E-state index contributed by atoms with van der Waals surface area (Å²) in [6.07, 6.45) is 0. The highest BCUT2D eigenvalue weighted by atomic mass is 35.5. The lowest BCUT2D eigenvalue weighted by molar-refractivity contribution is 0.00624. The Kier molecular flexibility index (Phi) is 4.78. The molecule has 1 unspecified atom stereocenters. The Labute approximate surface area is 113 Å². The van der Waals surface area contributed by atoms with E-state index in [9.17, 15) is 8.42 Å². The third-order valence-electron chi connectivity index (χ3n) is 2.97. The molecule has 0 saturated carbocycles. The number of nitrogens with two attached hydrogens (primary N) is 1. The van der Waals surface area contributed by atoms with Crippen LogP contribution in [0.4, 0.5) is 0 Å². The summed E-state index contributed by atoms with van der Waals surface area (Å²) in [6, 6.07) is 5.53. The fraction of sp³-hybridized carbons (Fsp3) is 0.500. The highest BCUT2D eigenvalue weighted by molar-refractivity contribution is 7.91. The normalized spacial score (nSPS) is 14.5. The van der Waals surface area contributed by atoms with E-state index in [1.54, 1.807) is 26.0 Å². The maximum Gasteiger partial charge on any atom is 0.180 e. The van der Waals surface area contributed by atoms with Gasteiger partial charge in [-0.1, -0.05) is 17.7 Å². The maximum absolute atomic E-state index is 12.2. The summed E-state index contributed by atoms with van der Waals surface area (Å²) in [7, 11) is -1.96. The molecule has 2 N–H and O–H groups in total. The number of ether oxygens (including phenoxy) is 1. The highest BCUT2D eigenvalue weighted by Crippen LogP contribution is 2.20. The number of benzene rings is 1. The van der Waals surface area contributed by atoms with Crippen molar-refractivity contribution in [3.63, 3.8) is 0 Å². The van der Waals surface area contributed by atoms with Crippen LogP contribution < -0.4 is 5.73 Å². The number of hydrogen-bond donors (Lipinski definition) is 1. The fourth-order valence-corrected chi connectivity index (χ4v) is 3.26. The van der Waals surface area contributed by atoms with Crippen molar-refractivity contribution in [3.05, 3.63) is 29.3 Å². The molecule has 0 radical (unpaired) electrons. The van der Waals surface area contributed by atoms with Gasteiger partial charge >= 0.3 is 0 Å². The van der Waals surface area contributed by atoms with E-state index in [0.29, 0.717) is 5.02 Å². The molecule has 18 heavy (non-hydrogen) atoms. The quantitative estimate of drug-likeness (QED) is 0.899. The summed E-state index contributed by atoms with van der Waals surface area (Å²) in [6.45, 7) is 3.51. The van der Waals surface area contributed by atoms with Gasteiger partial charge in [-0.15, -0.1) is 0 Å². The van der Waals surface area contributed by atoms with Gasteiger partial charge in [0.25, 0.3) is 0 Å².